The zero-order valence-corrected chi connectivity index (χ0v) is 13.6. The van der Waals surface area contributed by atoms with E-state index in [0.717, 1.165) is 5.56 Å². The first-order valence-corrected chi connectivity index (χ1v) is 7.58. The number of esters is 1. The van der Waals surface area contributed by atoms with Crippen molar-refractivity contribution in [2.24, 2.45) is 0 Å². The summed E-state index contributed by atoms with van der Waals surface area (Å²) in [5, 5.41) is 3.26. The van der Waals surface area contributed by atoms with E-state index in [4.69, 9.17) is 16.3 Å². The Balaban J connectivity index is 2.03. The molecule has 0 spiro atoms. The molecule has 1 amide bonds. The molecule has 2 aromatic rings. The summed E-state index contributed by atoms with van der Waals surface area (Å²) in [4.78, 5) is 27.9. The van der Waals surface area contributed by atoms with Gasteiger partial charge in [-0.3, -0.25) is 9.59 Å². The molecule has 1 aromatic carbocycles. The quantitative estimate of drug-likeness (QED) is 0.848. The lowest BCUT2D eigenvalue weighted by atomic mass is 10.0. The molecule has 5 nitrogen and oxygen atoms in total. The monoisotopic (exact) mass is 332 g/mol. The molecular formula is C17H17ClN2O3. The number of anilines is 1. The van der Waals surface area contributed by atoms with Gasteiger partial charge in [0.25, 0.3) is 5.91 Å². The zero-order chi connectivity index (χ0) is 16.8. The Hall–Kier alpha value is -2.40. The summed E-state index contributed by atoms with van der Waals surface area (Å²) >= 11 is 5.79. The van der Waals surface area contributed by atoms with Gasteiger partial charge in [-0.15, -0.1) is 0 Å². The third kappa shape index (κ3) is 4.53. The second-order valence-corrected chi connectivity index (χ2v) is 5.35. The van der Waals surface area contributed by atoms with E-state index in [9.17, 15) is 9.59 Å². The van der Waals surface area contributed by atoms with Gasteiger partial charge in [0.2, 0.25) is 0 Å². The van der Waals surface area contributed by atoms with Crippen molar-refractivity contribution >= 4 is 29.3 Å². The first-order chi connectivity index (χ1) is 11.0. The Bertz CT molecular complexity index is 684. The third-order valence-corrected chi connectivity index (χ3v) is 3.53. The van der Waals surface area contributed by atoms with Gasteiger partial charge in [0.1, 0.15) is 5.82 Å². The number of pyridine rings is 1. The zero-order valence-electron chi connectivity index (χ0n) is 12.9. The van der Waals surface area contributed by atoms with Gasteiger partial charge >= 0.3 is 5.97 Å². The number of nitrogens with one attached hydrogen (secondary N) is 1. The minimum absolute atomic E-state index is 0.277. The fourth-order valence-electron chi connectivity index (χ4n) is 1.93. The molecule has 0 saturated heterocycles. The molecule has 0 unspecified atom stereocenters. The van der Waals surface area contributed by atoms with Crippen LogP contribution in [0.1, 0.15) is 35.7 Å². The average Bonchev–Trinajstić information content (AvgIpc) is 2.55. The van der Waals surface area contributed by atoms with Crippen LogP contribution in [0.5, 0.6) is 0 Å². The van der Waals surface area contributed by atoms with Crippen LogP contribution in [0.3, 0.4) is 0 Å². The molecule has 0 radical (unpaired) electrons. The first-order valence-electron chi connectivity index (χ1n) is 7.20. The van der Waals surface area contributed by atoms with Crippen LogP contribution in [-0.2, 0) is 9.53 Å². The van der Waals surface area contributed by atoms with Gasteiger partial charge in [-0.25, -0.2) is 4.98 Å². The third-order valence-electron chi connectivity index (χ3n) is 3.27. The molecule has 0 saturated carbocycles. The average molecular weight is 333 g/mol. The van der Waals surface area contributed by atoms with Crippen LogP contribution in [0.25, 0.3) is 0 Å². The van der Waals surface area contributed by atoms with Crippen molar-refractivity contribution in [3.8, 4) is 0 Å². The summed E-state index contributed by atoms with van der Waals surface area (Å²) in [5.41, 5.74) is 1.22. The molecule has 0 aliphatic heterocycles. The molecule has 23 heavy (non-hydrogen) atoms. The van der Waals surface area contributed by atoms with Gasteiger partial charge in [-0.1, -0.05) is 17.7 Å². The van der Waals surface area contributed by atoms with Crippen LogP contribution < -0.4 is 5.32 Å². The summed E-state index contributed by atoms with van der Waals surface area (Å²) in [7, 11) is 0. The summed E-state index contributed by atoms with van der Waals surface area (Å²) in [6.07, 6.45) is 1.55. The van der Waals surface area contributed by atoms with E-state index < -0.39 is 5.92 Å². The number of halogens is 1. The fourth-order valence-corrected chi connectivity index (χ4v) is 2.05. The van der Waals surface area contributed by atoms with Gasteiger partial charge in [0.05, 0.1) is 12.5 Å². The largest absolute Gasteiger partial charge is 0.466 e. The summed E-state index contributed by atoms with van der Waals surface area (Å²) in [5.74, 6) is -0.569. The smallest absolute Gasteiger partial charge is 0.313 e. The molecule has 0 aliphatic carbocycles. The molecule has 1 heterocycles. The molecule has 1 aromatic heterocycles. The summed E-state index contributed by atoms with van der Waals surface area (Å²) in [6.45, 7) is 3.85. The van der Waals surface area contributed by atoms with Gasteiger partial charge < -0.3 is 10.1 Å². The highest BCUT2D eigenvalue weighted by atomic mass is 35.5. The Labute approximate surface area is 139 Å². The Kier molecular flexibility index (Phi) is 5.71. The maximum absolute atomic E-state index is 12.1. The number of ether oxygens (including phenoxy) is 1. The molecule has 2 rings (SSSR count). The number of aromatic nitrogens is 1. The highest BCUT2D eigenvalue weighted by Gasteiger charge is 2.16. The normalized spacial score (nSPS) is 11.6. The lowest BCUT2D eigenvalue weighted by molar-refractivity contribution is -0.144. The highest BCUT2D eigenvalue weighted by Crippen LogP contribution is 2.18. The lowest BCUT2D eigenvalue weighted by Gasteiger charge is -2.11. The second-order valence-electron chi connectivity index (χ2n) is 4.91. The van der Waals surface area contributed by atoms with E-state index in [1.807, 2.05) is 0 Å². The Morgan fingerprint density at radius 2 is 1.91 bits per heavy atom. The van der Waals surface area contributed by atoms with Crippen molar-refractivity contribution in [2.75, 3.05) is 11.9 Å². The minimum Gasteiger partial charge on any atom is -0.466 e. The number of carbonyl (C=O) groups is 2. The molecule has 0 aliphatic rings. The number of rotatable bonds is 5. The van der Waals surface area contributed by atoms with Gasteiger partial charge in [-0.05, 0) is 49.7 Å². The second kappa shape index (κ2) is 7.74. The van der Waals surface area contributed by atoms with Crippen molar-refractivity contribution < 1.29 is 14.3 Å². The number of hydrogen-bond acceptors (Lipinski definition) is 4. The Morgan fingerprint density at radius 1 is 1.22 bits per heavy atom. The van der Waals surface area contributed by atoms with Gasteiger partial charge in [0.15, 0.2) is 0 Å². The molecule has 1 N–H and O–H groups in total. The predicted molar refractivity (Wildman–Crippen MR) is 88.7 cm³/mol. The summed E-state index contributed by atoms with van der Waals surface area (Å²) in [6, 6.07) is 9.96. The van der Waals surface area contributed by atoms with E-state index in [2.05, 4.69) is 10.3 Å². The molecule has 1 atom stereocenters. The van der Waals surface area contributed by atoms with Crippen molar-refractivity contribution in [3.63, 3.8) is 0 Å². The van der Waals surface area contributed by atoms with E-state index in [1.165, 1.54) is 0 Å². The van der Waals surface area contributed by atoms with Crippen LogP contribution in [0.2, 0.25) is 5.02 Å². The molecule has 120 valence electrons. The number of amides is 1. The maximum Gasteiger partial charge on any atom is 0.313 e. The van der Waals surface area contributed by atoms with Crippen LogP contribution >= 0.6 is 11.6 Å². The van der Waals surface area contributed by atoms with Crippen LogP contribution in [-0.4, -0.2) is 23.5 Å². The number of carbonyl (C=O) groups excluding carboxylic acids is 2. The maximum atomic E-state index is 12.1. The SMILES string of the molecule is CCOC(=O)[C@H](C)c1ccc(NC(=O)c2ccc(Cl)cc2)nc1. The van der Waals surface area contributed by atoms with Crippen molar-refractivity contribution in [1.29, 1.82) is 0 Å². The molecule has 6 heteroatoms. The molecule has 0 fully saturated rings. The van der Waals surface area contributed by atoms with Gasteiger partial charge in [0, 0.05) is 16.8 Å². The van der Waals surface area contributed by atoms with E-state index in [-0.39, 0.29) is 11.9 Å². The van der Waals surface area contributed by atoms with E-state index >= 15 is 0 Å². The lowest BCUT2D eigenvalue weighted by Crippen LogP contribution is -2.15. The number of nitrogens with zero attached hydrogens (tertiary/aromatic N) is 1. The van der Waals surface area contributed by atoms with Crippen LogP contribution in [0, 0.1) is 0 Å². The Morgan fingerprint density at radius 3 is 2.48 bits per heavy atom. The summed E-state index contributed by atoms with van der Waals surface area (Å²) < 4.78 is 4.97. The van der Waals surface area contributed by atoms with E-state index in [0.29, 0.717) is 23.0 Å². The fraction of sp³-hybridized carbons (Fsp3) is 0.235. The standard InChI is InChI=1S/C17H17ClN2O3/c1-3-23-17(22)11(2)13-6-9-15(19-10-13)20-16(21)12-4-7-14(18)8-5-12/h4-11H,3H2,1-2H3,(H,19,20,21)/t11-/m1/s1. The highest BCUT2D eigenvalue weighted by molar-refractivity contribution is 6.30. The van der Waals surface area contributed by atoms with Crippen LogP contribution in [0.15, 0.2) is 42.6 Å². The first kappa shape index (κ1) is 17.0. The van der Waals surface area contributed by atoms with Gasteiger partial charge in [-0.2, -0.15) is 0 Å². The van der Waals surface area contributed by atoms with Crippen molar-refractivity contribution in [3.05, 3.63) is 58.7 Å². The van der Waals surface area contributed by atoms with Crippen molar-refractivity contribution in [1.82, 2.24) is 4.98 Å². The predicted octanol–water partition coefficient (Wildman–Crippen LogP) is 3.65. The topological polar surface area (TPSA) is 68.3 Å². The van der Waals surface area contributed by atoms with Crippen molar-refractivity contribution in [2.45, 2.75) is 19.8 Å². The number of benzene rings is 1. The molecule has 0 bridgehead atoms. The van der Waals surface area contributed by atoms with E-state index in [1.54, 1.807) is 56.4 Å². The minimum atomic E-state index is -0.400. The van der Waals surface area contributed by atoms with Crippen LogP contribution in [0.4, 0.5) is 5.82 Å². The molecular weight excluding hydrogens is 316 g/mol. The number of hydrogen-bond donors (Lipinski definition) is 1.